The first kappa shape index (κ1) is 19.5. The van der Waals surface area contributed by atoms with Gasteiger partial charge in [0.2, 0.25) is 0 Å². The smallest absolute Gasteiger partial charge is 0.308 e. The van der Waals surface area contributed by atoms with E-state index in [0.717, 1.165) is 16.6 Å². The lowest BCUT2D eigenvalue weighted by Gasteiger charge is -2.15. The number of aliphatic carboxylic acids is 1. The van der Waals surface area contributed by atoms with Crippen molar-refractivity contribution in [2.75, 3.05) is 6.54 Å². The maximum Gasteiger partial charge on any atom is 0.308 e. The number of para-hydroxylation sites is 1. The van der Waals surface area contributed by atoms with Crippen LogP contribution in [0.15, 0.2) is 36.5 Å². The van der Waals surface area contributed by atoms with Crippen molar-refractivity contribution in [1.29, 1.82) is 0 Å². The van der Waals surface area contributed by atoms with Gasteiger partial charge in [-0.15, -0.1) is 5.10 Å². The fourth-order valence-electron chi connectivity index (χ4n) is 3.17. The second-order valence-electron chi connectivity index (χ2n) is 7.16. The molecule has 3 aromatic rings. The van der Waals surface area contributed by atoms with Crippen LogP contribution < -0.4 is 5.32 Å². The highest BCUT2D eigenvalue weighted by Crippen LogP contribution is 2.21. The number of rotatable bonds is 7. The summed E-state index contributed by atoms with van der Waals surface area (Å²) in [6, 6.07) is 9.51. The van der Waals surface area contributed by atoms with E-state index in [4.69, 9.17) is 0 Å². The van der Waals surface area contributed by atoms with Gasteiger partial charge in [-0.2, -0.15) is 0 Å². The Hall–Kier alpha value is -3.29. The maximum atomic E-state index is 12.6. The van der Waals surface area contributed by atoms with Crippen LogP contribution in [0.25, 0.3) is 16.6 Å². The number of carboxylic acids is 1. The molecule has 0 radical (unpaired) electrons. The summed E-state index contributed by atoms with van der Waals surface area (Å²) in [5.74, 6) is -1.77. The molecule has 2 aromatic heterocycles. The highest BCUT2D eigenvalue weighted by molar-refractivity contribution is 5.94. The molecule has 8 nitrogen and oxygen atoms in total. The Morgan fingerprint density at radius 1 is 1.21 bits per heavy atom. The van der Waals surface area contributed by atoms with Gasteiger partial charge in [0.25, 0.3) is 5.91 Å². The van der Waals surface area contributed by atoms with Gasteiger partial charge >= 0.3 is 5.97 Å². The minimum Gasteiger partial charge on any atom is -0.481 e. The van der Waals surface area contributed by atoms with E-state index in [1.54, 1.807) is 17.8 Å². The van der Waals surface area contributed by atoms with Gasteiger partial charge < -0.3 is 10.4 Å². The van der Waals surface area contributed by atoms with Gasteiger partial charge in [0.1, 0.15) is 0 Å². The maximum absolute atomic E-state index is 12.6. The van der Waals surface area contributed by atoms with E-state index >= 15 is 0 Å². The molecular weight excluding hydrogens is 358 g/mol. The summed E-state index contributed by atoms with van der Waals surface area (Å²) in [5, 5.41) is 21.1. The number of nitrogens with zero attached hydrogens (tertiary/aromatic N) is 4. The molecule has 28 heavy (non-hydrogen) atoms. The zero-order chi connectivity index (χ0) is 20.3. The fourth-order valence-corrected chi connectivity index (χ4v) is 3.17. The van der Waals surface area contributed by atoms with E-state index in [9.17, 15) is 14.7 Å². The normalized spacial score (nSPS) is 12.3. The van der Waals surface area contributed by atoms with E-state index < -0.39 is 17.8 Å². The number of amides is 1. The van der Waals surface area contributed by atoms with Crippen molar-refractivity contribution in [2.24, 2.45) is 11.8 Å². The number of carbonyl (C=O) groups excluding carboxylic acids is 1. The third-order valence-corrected chi connectivity index (χ3v) is 4.56. The van der Waals surface area contributed by atoms with Crippen LogP contribution in [-0.4, -0.2) is 43.5 Å². The van der Waals surface area contributed by atoms with Crippen LogP contribution in [0.1, 0.15) is 36.5 Å². The number of carbonyl (C=O) groups is 2. The molecular formula is C20H23N5O3. The topological polar surface area (TPSA) is 110 Å². The first-order valence-electron chi connectivity index (χ1n) is 9.16. The molecule has 0 aliphatic carbocycles. The Morgan fingerprint density at radius 3 is 2.68 bits per heavy atom. The van der Waals surface area contributed by atoms with E-state index in [1.165, 1.54) is 0 Å². The Balaban J connectivity index is 1.82. The van der Waals surface area contributed by atoms with Crippen LogP contribution in [0, 0.1) is 18.8 Å². The molecule has 8 heteroatoms. The Kier molecular flexibility index (Phi) is 5.67. The molecule has 146 valence electrons. The Bertz CT molecular complexity index is 1010. The lowest BCUT2D eigenvalue weighted by Crippen LogP contribution is -2.34. The number of hydrogen-bond acceptors (Lipinski definition) is 5. The van der Waals surface area contributed by atoms with Gasteiger partial charge in [-0.1, -0.05) is 37.3 Å². The number of nitrogens with one attached hydrogen (secondary N) is 1. The van der Waals surface area contributed by atoms with Gasteiger partial charge in [0, 0.05) is 18.1 Å². The SMILES string of the molecule is Cc1c(C(=O)NCC(CC(C)C)C(=O)O)nnn1-c1cccc2cccnc12. The van der Waals surface area contributed by atoms with Gasteiger partial charge in [-0.25, -0.2) is 4.68 Å². The van der Waals surface area contributed by atoms with Crippen LogP contribution in [0.5, 0.6) is 0 Å². The average Bonchev–Trinajstić information content (AvgIpc) is 3.05. The van der Waals surface area contributed by atoms with Gasteiger partial charge in [0.15, 0.2) is 5.69 Å². The number of pyridine rings is 1. The van der Waals surface area contributed by atoms with E-state index in [1.807, 2.05) is 44.2 Å². The van der Waals surface area contributed by atoms with Crippen molar-refractivity contribution in [1.82, 2.24) is 25.3 Å². The van der Waals surface area contributed by atoms with Crippen LogP contribution in [-0.2, 0) is 4.79 Å². The molecule has 0 bridgehead atoms. The summed E-state index contributed by atoms with van der Waals surface area (Å²) < 4.78 is 1.58. The summed E-state index contributed by atoms with van der Waals surface area (Å²) in [5.41, 5.74) is 2.21. The molecule has 2 N–H and O–H groups in total. The van der Waals surface area contributed by atoms with E-state index in [0.29, 0.717) is 12.1 Å². The molecule has 1 atom stereocenters. The summed E-state index contributed by atoms with van der Waals surface area (Å²) in [7, 11) is 0. The van der Waals surface area contributed by atoms with Crippen molar-refractivity contribution in [3.8, 4) is 5.69 Å². The van der Waals surface area contributed by atoms with E-state index in [-0.39, 0.29) is 18.2 Å². The molecule has 1 aromatic carbocycles. The highest BCUT2D eigenvalue weighted by atomic mass is 16.4. The first-order valence-corrected chi connectivity index (χ1v) is 9.16. The number of carboxylic acid groups (broad SMARTS) is 1. The summed E-state index contributed by atoms with van der Waals surface area (Å²) >= 11 is 0. The van der Waals surface area contributed by atoms with Gasteiger partial charge in [0.05, 0.1) is 22.8 Å². The van der Waals surface area contributed by atoms with Crippen molar-refractivity contribution >= 4 is 22.8 Å². The summed E-state index contributed by atoms with van der Waals surface area (Å²) in [6.45, 7) is 5.70. The molecule has 0 saturated heterocycles. The number of benzene rings is 1. The largest absolute Gasteiger partial charge is 0.481 e. The predicted molar refractivity (Wildman–Crippen MR) is 104 cm³/mol. The van der Waals surface area contributed by atoms with Gasteiger partial charge in [-0.3, -0.25) is 14.6 Å². The van der Waals surface area contributed by atoms with Crippen LogP contribution in [0.4, 0.5) is 0 Å². The van der Waals surface area contributed by atoms with Crippen LogP contribution in [0.2, 0.25) is 0 Å². The van der Waals surface area contributed by atoms with Crippen molar-refractivity contribution in [3.05, 3.63) is 47.9 Å². The monoisotopic (exact) mass is 381 g/mol. The molecule has 0 aliphatic rings. The molecule has 1 unspecified atom stereocenters. The van der Waals surface area contributed by atoms with Crippen molar-refractivity contribution in [2.45, 2.75) is 27.2 Å². The Morgan fingerprint density at radius 2 is 1.96 bits per heavy atom. The second kappa shape index (κ2) is 8.16. The lowest BCUT2D eigenvalue weighted by atomic mass is 9.97. The standard InChI is InChI=1S/C20H23N5O3/c1-12(2)10-15(20(27)28)11-22-19(26)17-13(3)25(24-23-17)16-8-4-6-14-7-5-9-21-18(14)16/h4-9,12,15H,10-11H2,1-3H3,(H,22,26)(H,27,28). The molecule has 0 spiro atoms. The lowest BCUT2D eigenvalue weighted by molar-refractivity contribution is -0.142. The average molecular weight is 381 g/mol. The quantitative estimate of drug-likeness (QED) is 0.651. The molecule has 0 saturated carbocycles. The third-order valence-electron chi connectivity index (χ3n) is 4.56. The number of aromatic nitrogens is 4. The second-order valence-corrected chi connectivity index (χ2v) is 7.16. The highest BCUT2D eigenvalue weighted by Gasteiger charge is 2.23. The molecule has 1 amide bonds. The minimum absolute atomic E-state index is 0.0501. The summed E-state index contributed by atoms with van der Waals surface area (Å²) in [4.78, 5) is 28.3. The third kappa shape index (κ3) is 4.00. The van der Waals surface area contributed by atoms with Crippen molar-refractivity contribution < 1.29 is 14.7 Å². The molecule has 0 fully saturated rings. The predicted octanol–water partition coefficient (Wildman–Crippen LogP) is 2.60. The van der Waals surface area contributed by atoms with Crippen molar-refractivity contribution in [3.63, 3.8) is 0 Å². The first-order chi connectivity index (χ1) is 13.4. The zero-order valence-corrected chi connectivity index (χ0v) is 16.1. The zero-order valence-electron chi connectivity index (χ0n) is 16.1. The van der Waals surface area contributed by atoms with E-state index in [2.05, 4.69) is 20.6 Å². The minimum atomic E-state index is -0.920. The molecule has 2 heterocycles. The molecule has 0 aliphatic heterocycles. The summed E-state index contributed by atoms with van der Waals surface area (Å²) in [6.07, 6.45) is 2.19. The van der Waals surface area contributed by atoms with Crippen LogP contribution in [0.3, 0.4) is 0 Å². The number of fused-ring (bicyclic) bond motifs is 1. The van der Waals surface area contributed by atoms with Crippen LogP contribution >= 0.6 is 0 Å². The number of hydrogen-bond donors (Lipinski definition) is 2. The van der Waals surface area contributed by atoms with Gasteiger partial charge in [-0.05, 0) is 31.4 Å². The fraction of sp³-hybridized carbons (Fsp3) is 0.350. The molecule has 3 rings (SSSR count). The Labute approximate surface area is 162 Å².